The number of likely N-dealkylation sites (tertiary alicyclic amines) is 1. The number of hydrogen-bond donors (Lipinski definition) is 2. The topological polar surface area (TPSA) is 127 Å². The Kier molecular flexibility index (Phi) is 4.97. The lowest BCUT2D eigenvalue weighted by atomic mass is 10.0. The van der Waals surface area contributed by atoms with Gasteiger partial charge in [0.2, 0.25) is 6.41 Å². The number of carbonyl (C=O) groups is 1. The molecule has 2 aliphatic rings. The first-order chi connectivity index (χ1) is 18.4. The molecule has 1 aromatic carbocycles. The summed E-state index contributed by atoms with van der Waals surface area (Å²) in [5.74, 6) is 4.17. The highest BCUT2D eigenvalue weighted by Crippen LogP contribution is 2.43. The van der Waals surface area contributed by atoms with Crippen molar-refractivity contribution in [2.24, 2.45) is 0 Å². The fourth-order valence-electron chi connectivity index (χ4n) is 5.47. The van der Waals surface area contributed by atoms with Crippen LogP contribution in [0.2, 0.25) is 0 Å². The molecule has 0 unspecified atom stereocenters. The van der Waals surface area contributed by atoms with Crippen molar-refractivity contribution < 1.29 is 14.1 Å². The van der Waals surface area contributed by atoms with Crippen molar-refractivity contribution in [1.82, 2.24) is 34.8 Å². The van der Waals surface area contributed by atoms with Crippen LogP contribution < -0.4 is 10.1 Å². The Hall–Kier alpha value is -4.41. The van der Waals surface area contributed by atoms with Gasteiger partial charge in [-0.2, -0.15) is 5.10 Å². The van der Waals surface area contributed by atoms with E-state index in [4.69, 9.17) is 24.3 Å². The molecule has 11 nitrogen and oxygen atoms in total. The van der Waals surface area contributed by atoms with E-state index in [1.807, 2.05) is 31.5 Å². The fourth-order valence-corrected chi connectivity index (χ4v) is 5.47. The number of methoxy groups -OCH3 is 1. The van der Waals surface area contributed by atoms with E-state index in [1.54, 1.807) is 12.0 Å². The minimum Gasteiger partial charge on any atom is -0.496 e. The van der Waals surface area contributed by atoms with Crippen molar-refractivity contribution >= 4 is 40.0 Å². The first-order valence-corrected chi connectivity index (χ1v) is 12.8. The highest BCUT2D eigenvalue weighted by atomic mass is 16.5. The van der Waals surface area contributed by atoms with Gasteiger partial charge in [-0.1, -0.05) is 5.16 Å². The van der Waals surface area contributed by atoms with E-state index in [9.17, 15) is 4.79 Å². The van der Waals surface area contributed by atoms with Gasteiger partial charge in [0.05, 0.1) is 35.5 Å². The first kappa shape index (κ1) is 22.8. The van der Waals surface area contributed by atoms with Gasteiger partial charge < -0.3 is 24.5 Å². The smallest absolute Gasteiger partial charge is 0.209 e. The number of carbonyl (C=O) groups excluding carboxylic acids is 1. The van der Waals surface area contributed by atoms with Gasteiger partial charge in [-0.15, -0.1) is 0 Å². The van der Waals surface area contributed by atoms with Crippen LogP contribution in [0.25, 0.3) is 33.1 Å². The number of anilines is 2. The quantitative estimate of drug-likeness (QED) is 0.305. The molecule has 1 aliphatic carbocycles. The number of ether oxygens (including phenoxy) is 1. The zero-order valence-electron chi connectivity index (χ0n) is 21.7. The molecule has 1 amide bonds. The molecule has 1 saturated heterocycles. The lowest BCUT2D eigenvalue weighted by Gasteiger charge is -2.37. The third kappa shape index (κ3) is 3.52. The Morgan fingerprint density at radius 3 is 2.66 bits per heavy atom. The predicted octanol–water partition coefficient (Wildman–Crippen LogP) is 4.53. The first-order valence-electron chi connectivity index (χ1n) is 12.8. The molecule has 0 spiro atoms. The van der Waals surface area contributed by atoms with E-state index in [-0.39, 0.29) is 6.04 Å². The van der Waals surface area contributed by atoms with Crippen molar-refractivity contribution in [2.45, 2.75) is 45.6 Å². The van der Waals surface area contributed by atoms with E-state index >= 15 is 0 Å². The van der Waals surface area contributed by atoms with Crippen LogP contribution in [-0.4, -0.2) is 61.4 Å². The van der Waals surface area contributed by atoms with E-state index in [0.29, 0.717) is 36.4 Å². The average Bonchev–Trinajstić information content (AvgIpc) is 3.43. The SMILES string of the molecule is COc1cc2c(cc1-c1c(C)noc1C)[nH]c1nc(C)nc(Nc3cc(C4CC4)nn3C3CN(C=O)C3)c12. The third-order valence-corrected chi connectivity index (χ3v) is 7.57. The Morgan fingerprint density at radius 1 is 1.16 bits per heavy atom. The minimum absolute atomic E-state index is 0.134. The number of rotatable bonds is 7. The van der Waals surface area contributed by atoms with E-state index in [1.165, 1.54) is 0 Å². The Labute approximate surface area is 218 Å². The normalized spacial score (nSPS) is 15.8. The van der Waals surface area contributed by atoms with Crippen molar-refractivity contribution in [3.05, 3.63) is 41.2 Å². The number of aryl methyl sites for hydroxylation is 3. The van der Waals surface area contributed by atoms with Crippen LogP contribution in [-0.2, 0) is 4.79 Å². The Bertz CT molecular complexity index is 1700. The van der Waals surface area contributed by atoms with Gasteiger partial charge in [-0.3, -0.25) is 4.79 Å². The second-order valence-corrected chi connectivity index (χ2v) is 10.3. The summed E-state index contributed by atoms with van der Waals surface area (Å²) in [6, 6.07) is 6.32. The van der Waals surface area contributed by atoms with Crippen LogP contribution in [0.4, 0.5) is 11.6 Å². The van der Waals surface area contributed by atoms with Gasteiger partial charge in [-0.05, 0) is 45.7 Å². The largest absolute Gasteiger partial charge is 0.496 e. The summed E-state index contributed by atoms with van der Waals surface area (Å²) in [7, 11) is 1.66. The Morgan fingerprint density at radius 2 is 1.97 bits per heavy atom. The third-order valence-electron chi connectivity index (χ3n) is 7.57. The number of nitrogens with zero attached hydrogens (tertiary/aromatic N) is 6. The number of aromatic nitrogens is 6. The number of amides is 1. The monoisotopic (exact) mass is 512 g/mol. The zero-order valence-corrected chi connectivity index (χ0v) is 21.7. The molecule has 38 heavy (non-hydrogen) atoms. The molecule has 0 bridgehead atoms. The van der Waals surface area contributed by atoms with Crippen LogP contribution in [0.3, 0.4) is 0 Å². The average molecular weight is 513 g/mol. The minimum atomic E-state index is 0.134. The zero-order chi connectivity index (χ0) is 26.1. The summed E-state index contributed by atoms with van der Waals surface area (Å²) >= 11 is 0. The lowest BCUT2D eigenvalue weighted by Crippen LogP contribution is -2.47. The molecule has 5 aromatic rings. The number of H-pyrrole nitrogens is 1. The highest BCUT2D eigenvalue weighted by molar-refractivity contribution is 6.13. The summed E-state index contributed by atoms with van der Waals surface area (Å²) in [5, 5.41) is 14.4. The van der Waals surface area contributed by atoms with Gasteiger partial charge in [0.1, 0.15) is 34.6 Å². The standard InChI is InChI=1S/C27H28N8O3/c1-13-24(14(2)38-33-13)19-7-21-18(8-22(19)37-4)25-26(30-21)28-15(3)29-27(25)31-23-9-20(16-5-6-16)32-35(23)17-10-34(11-17)12-36/h7-9,12,16-17H,5-6,10-11H2,1-4H3,(H2,28,29,30,31). The van der Waals surface area contributed by atoms with Crippen molar-refractivity contribution in [3.8, 4) is 16.9 Å². The molecule has 2 fully saturated rings. The molecule has 194 valence electrons. The van der Waals surface area contributed by atoms with Crippen LogP contribution in [0.1, 0.15) is 47.8 Å². The number of nitrogens with one attached hydrogen (secondary N) is 2. The number of hydrogen-bond acceptors (Lipinski definition) is 8. The maximum absolute atomic E-state index is 11.2. The summed E-state index contributed by atoms with van der Waals surface area (Å²) in [4.78, 5) is 25.9. The lowest BCUT2D eigenvalue weighted by molar-refractivity contribution is -0.123. The molecular formula is C27H28N8O3. The molecule has 5 heterocycles. The molecule has 7 rings (SSSR count). The summed E-state index contributed by atoms with van der Waals surface area (Å²) in [5.41, 5.74) is 5.36. The molecule has 11 heteroatoms. The van der Waals surface area contributed by atoms with Crippen LogP contribution >= 0.6 is 0 Å². The second kappa shape index (κ2) is 8.30. The van der Waals surface area contributed by atoms with E-state index in [0.717, 1.165) is 75.3 Å². The summed E-state index contributed by atoms with van der Waals surface area (Å²) in [6.07, 6.45) is 3.21. The van der Waals surface area contributed by atoms with Crippen LogP contribution in [0, 0.1) is 20.8 Å². The molecular weight excluding hydrogens is 484 g/mol. The van der Waals surface area contributed by atoms with Crippen LogP contribution in [0.15, 0.2) is 22.7 Å². The molecule has 1 saturated carbocycles. The van der Waals surface area contributed by atoms with E-state index in [2.05, 4.69) is 27.6 Å². The molecule has 4 aromatic heterocycles. The van der Waals surface area contributed by atoms with Gasteiger partial charge in [0.15, 0.2) is 0 Å². The van der Waals surface area contributed by atoms with Crippen LogP contribution in [0.5, 0.6) is 5.75 Å². The maximum atomic E-state index is 11.2. The van der Waals surface area contributed by atoms with Crippen molar-refractivity contribution in [3.63, 3.8) is 0 Å². The highest BCUT2D eigenvalue weighted by Gasteiger charge is 2.33. The van der Waals surface area contributed by atoms with E-state index < -0.39 is 0 Å². The predicted molar refractivity (Wildman–Crippen MR) is 142 cm³/mol. The van der Waals surface area contributed by atoms with Gasteiger partial charge in [-0.25, -0.2) is 14.6 Å². The molecule has 0 radical (unpaired) electrons. The van der Waals surface area contributed by atoms with Gasteiger partial charge in [0.25, 0.3) is 0 Å². The molecule has 2 N–H and O–H groups in total. The van der Waals surface area contributed by atoms with Gasteiger partial charge in [0, 0.05) is 41.5 Å². The Balaban J connectivity index is 1.37. The number of benzene rings is 1. The maximum Gasteiger partial charge on any atom is 0.209 e. The summed E-state index contributed by atoms with van der Waals surface area (Å²) < 4.78 is 13.3. The number of fused-ring (bicyclic) bond motifs is 3. The number of aromatic amines is 1. The summed E-state index contributed by atoms with van der Waals surface area (Å²) in [6.45, 7) is 7.00. The molecule has 1 aliphatic heterocycles. The van der Waals surface area contributed by atoms with Crippen molar-refractivity contribution in [1.29, 1.82) is 0 Å². The second-order valence-electron chi connectivity index (χ2n) is 10.3. The van der Waals surface area contributed by atoms with Crippen molar-refractivity contribution in [2.75, 3.05) is 25.5 Å². The van der Waals surface area contributed by atoms with Gasteiger partial charge >= 0.3 is 0 Å². The molecule has 0 atom stereocenters. The fraction of sp³-hybridized carbons (Fsp3) is 0.370.